The van der Waals surface area contributed by atoms with Crippen molar-refractivity contribution in [1.29, 1.82) is 0 Å². The molecular formula is C15H22N4O. The summed E-state index contributed by atoms with van der Waals surface area (Å²) in [5, 5.41) is 0. The van der Waals surface area contributed by atoms with Gasteiger partial charge in [-0.2, -0.15) is 0 Å². The van der Waals surface area contributed by atoms with Gasteiger partial charge in [0.05, 0.1) is 0 Å². The highest BCUT2D eigenvalue weighted by Crippen LogP contribution is 2.23. The number of nitrogens with zero attached hydrogens (tertiary/aromatic N) is 4. The number of likely N-dealkylation sites (tertiary alicyclic amines) is 1. The topological polar surface area (TPSA) is 49.3 Å². The Morgan fingerprint density at radius 1 is 1.10 bits per heavy atom. The maximum absolute atomic E-state index is 12.0. The fraction of sp³-hybridized carbons (Fsp3) is 0.667. The second-order valence-corrected chi connectivity index (χ2v) is 5.82. The molecule has 2 aliphatic rings. The van der Waals surface area contributed by atoms with Crippen molar-refractivity contribution < 1.29 is 4.79 Å². The zero-order chi connectivity index (χ0) is 13.9. The summed E-state index contributed by atoms with van der Waals surface area (Å²) in [5.74, 6) is 1.17. The van der Waals surface area contributed by atoms with Gasteiger partial charge in [0.15, 0.2) is 0 Å². The second kappa shape index (κ2) is 5.77. The molecule has 5 nitrogen and oxygen atoms in total. The number of rotatable bonds is 2. The lowest BCUT2D eigenvalue weighted by Crippen LogP contribution is -2.49. The lowest BCUT2D eigenvalue weighted by atomic mass is 10.00. The molecule has 0 aromatic carbocycles. The molecule has 0 radical (unpaired) electrons. The van der Waals surface area contributed by atoms with Gasteiger partial charge in [-0.25, -0.2) is 9.97 Å². The van der Waals surface area contributed by atoms with Gasteiger partial charge in [-0.1, -0.05) is 0 Å². The van der Waals surface area contributed by atoms with Crippen LogP contribution in [0, 0.1) is 6.92 Å². The summed E-state index contributed by atoms with van der Waals surface area (Å²) in [7, 11) is 0. The van der Waals surface area contributed by atoms with E-state index in [0.29, 0.717) is 11.9 Å². The molecule has 0 aliphatic carbocycles. The number of amides is 1. The van der Waals surface area contributed by atoms with Crippen molar-refractivity contribution in [2.75, 3.05) is 24.5 Å². The average Bonchev–Trinajstić information content (AvgIpc) is 2.49. The van der Waals surface area contributed by atoms with Gasteiger partial charge >= 0.3 is 0 Å². The van der Waals surface area contributed by atoms with E-state index in [1.807, 2.05) is 19.3 Å². The minimum Gasteiger partial charge on any atom is -0.341 e. The summed E-state index contributed by atoms with van der Waals surface area (Å²) in [4.78, 5) is 25.1. The molecule has 2 fully saturated rings. The van der Waals surface area contributed by atoms with Crippen LogP contribution < -0.4 is 4.90 Å². The number of hydrogen-bond donors (Lipinski definition) is 0. The Kier molecular flexibility index (Phi) is 3.85. The molecule has 20 heavy (non-hydrogen) atoms. The normalized spacial score (nSPS) is 21.4. The molecule has 0 N–H and O–H groups in total. The van der Waals surface area contributed by atoms with Crippen LogP contribution in [0.2, 0.25) is 0 Å². The smallest absolute Gasteiger partial charge is 0.225 e. The number of carbonyl (C=O) groups is 1. The summed E-state index contributed by atoms with van der Waals surface area (Å²) < 4.78 is 0. The van der Waals surface area contributed by atoms with E-state index in [-0.39, 0.29) is 0 Å². The Bertz CT molecular complexity index is 465. The lowest BCUT2D eigenvalue weighted by molar-refractivity contribution is -0.136. The van der Waals surface area contributed by atoms with Crippen LogP contribution in [0.15, 0.2) is 12.4 Å². The molecule has 0 atom stereocenters. The Hall–Kier alpha value is -1.65. The van der Waals surface area contributed by atoms with Crippen LogP contribution in [-0.4, -0.2) is 46.5 Å². The monoisotopic (exact) mass is 274 g/mol. The van der Waals surface area contributed by atoms with Gasteiger partial charge in [0.1, 0.15) is 0 Å². The quantitative estimate of drug-likeness (QED) is 0.824. The fourth-order valence-corrected chi connectivity index (χ4v) is 3.14. The maximum Gasteiger partial charge on any atom is 0.225 e. The van der Waals surface area contributed by atoms with E-state index in [9.17, 15) is 4.79 Å². The molecule has 0 bridgehead atoms. The molecule has 2 aliphatic heterocycles. The van der Waals surface area contributed by atoms with Crippen LogP contribution in [-0.2, 0) is 4.79 Å². The number of hydrogen-bond acceptors (Lipinski definition) is 4. The van der Waals surface area contributed by atoms with Crippen molar-refractivity contribution in [3.63, 3.8) is 0 Å². The zero-order valence-electron chi connectivity index (χ0n) is 12.1. The van der Waals surface area contributed by atoms with Crippen molar-refractivity contribution in [1.82, 2.24) is 14.9 Å². The SMILES string of the molecule is Cc1cnc(N2CCC(N3CCCCC3=O)CC2)nc1. The average molecular weight is 274 g/mol. The predicted octanol–water partition coefficient (Wildman–Crippen LogP) is 1.77. The van der Waals surface area contributed by atoms with Crippen molar-refractivity contribution in [3.05, 3.63) is 18.0 Å². The van der Waals surface area contributed by atoms with E-state index in [1.165, 1.54) is 0 Å². The molecule has 1 aromatic heterocycles. The van der Waals surface area contributed by atoms with Crippen molar-refractivity contribution in [2.24, 2.45) is 0 Å². The Labute approximate surface area is 120 Å². The lowest BCUT2D eigenvalue weighted by Gasteiger charge is -2.40. The molecule has 1 amide bonds. The summed E-state index contributed by atoms with van der Waals surface area (Å²) in [6, 6.07) is 0.421. The Balaban J connectivity index is 1.59. The van der Waals surface area contributed by atoms with Gasteiger partial charge in [0.2, 0.25) is 11.9 Å². The van der Waals surface area contributed by atoms with Gasteiger partial charge in [-0.05, 0) is 38.2 Å². The Morgan fingerprint density at radius 2 is 1.80 bits per heavy atom. The highest BCUT2D eigenvalue weighted by molar-refractivity contribution is 5.77. The first-order valence-corrected chi connectivity index (χ1v) is 7.57. The van der Waals surface area contributed by atoms with Gasteiger partial charge < -0.3 is 9.80 Å². The van der Waals surface area contributed by atoms with Crippen molar-refractivity contribution in [3.8, 4) is 0 Å². The number of aryl methyl sites for hydroxylation is 1. The van der Waals surface area contributed by atoms with Crippen LogP contribution in [0.5, 0.6) is 0 Å². The Morgan fingerprint density at radius 3 is 2.45 bits per heavy atom. The van der Waals surface area contributed by atoms with Crippen LogP contribution in [0.1, 0.15) is 37.7 Å². The second-order valence-electron chi connectivity index (χ2n) is 5.82. The maximum atomic E-state index is 12.0. The highest BCUT2D eigenvalue weighted by atomic mass is 16.2. The van der Waals surface area contributed by atoms with Crippen molar-refractivity contribution >= 4 is 11.9 Å². The number of anilines is 1. The first-order valence-electron chi connectivity index (χ1n) is 7.57. The molecule has 5 heteroatoms. The van der Waals surface area contributed by atoms with Gasteiger partial charge in [-0.15, -0.1) is 0 Å². The van der Waals surface area contributed by atoms with Gasteiger partial charge in [0, 0.05) is 44.5 Å². The minimum atomic E-state index is 0.348. The molecule has 0 unspecified atom stereocenters. The van der Waals surface area contributed by atoms with E-state index in [0.717, 1.165) is 63.3 Å². The molecule has 0 spiro atoms. The van der Waals surface area contributed by atoms with E-state index in [2.05, 4.69) is 19.8 Å². The third-order valence-corrected chi connectivity index (χ3v) is 4.32. The molecule has 3 heterocycles. The van der Waals surface area contributed by atoms with Crippen LogP contribution in [0.4, 0.5) is 5.95 Å². The van der Waals surface area contributed by atoms with E-state index in [4.69, 9.17) is 0 Å². The first kappa shape index (κ1) is 13.3. The van der Waals surface area contributed by atoms with E-state index in [1.54, 1.807) is 0 Å². The zero-order valence-corrected chi connectivity index (χ0v) is 12.1. The van der Waals surface area contributed by atoms with E-state index < -0.39 is 0 Å². The minimum absolute atomic E-state index is 0.348. The van der Waals surface area contributed by atoms with Crippen LogP contribution in [0.3, 0.4) is 0 Å². The number of carbonyl (C=O) groups excluding carboxylic acids is 1. The van der Waals surface area contributed by atoms with Gasteiger partial charge in [0.25, 0.3) is 0 Å². The molecule has 1 aromatic rings. The highest BCUT2D eigenvalue weighted by Gasteiger charge is 2.29. The molecule has 2 saturated heterocycles. The molecular weight excluding hydrogens is 252 g/mol. The van der Waals surface area contributed by atoms with Gasteiger partial charge in [-0.3, -0.25) is 4.79 Å². The number of piperidine rings is 2. The third kappa shape index (κ3) is 2.76. The fourth-order valence-electron chi connectivity index (χ4n) is 3.14. The summed E-state index contributed by atoms with van der Waals surface area (Å²) >= 11 is 0. The largest absolute Gasteiger partial charge is 0.341 e. The summed E-state index contributed by atoms with van der Waals surface area (Å²) in [6.07, 6.45) is 8.75. The summed E-state index contributed by atoms with van der Waals surface area (Å²) in [6.45, 7) is 4.83. The van der Waals surface area contributed by atoms with Crippen LogP contribution >= 0.6 is 0 Å². The predicted molar refractivity (Wildman–Crippen MR) is 77.6 cm³/mol. The van der Waals surface area contributed by atoms with Crippen LogP contribution in [0.25, 0.3) is 0 Å². The van der Waals surface area contributed by atoms with Crippen molar-refractivity contribution in [2.45, 2.75) is 45.1 Å². The first-order chi connectivity index (χ1) is 9.74. The molecule has 108 valence electrons. The standard InChI is InChI=1S/C15H22N4O/c1-12-10-16-15(17-11-12)18-8-5-13(6-9-18)19-7-3-2-4-14(19)20/h10-11,13H,2-9H2,1H3. The molecule has 3 rings (SSSR count). The summed E-state index contributed by atoms with van der Waals surface area (Å²) in [5.41, 5.74) is 1.09. The van der Waals surface area contributed by atoms with E-state index >= 15 is 0 Å². The number of aromatic nitrogens is 2. The third-order valence-electron chi connectivity index (χ3n) is 4.32. The molecule has 0 saturated carbocycles.